The molecule has 24 heavy (non-hydrogen) atoms. The van der Waals surface area contributed by atoms with E-state index in [-0.39, 0.29) is 0 Å². The lowest BCUT2D eigenvalue weighted by Gasteiger charge is -2.05. The standard InChI is InChI=1S/C15H16N6O2S/c1-19(2)15-18-21-12(7-16-14(21)24-15)10-6-11-13(23-4)5-9(22-3)8-20(11)17-10/h5-8H,1-4H3. The Bertz CT molecular complexity index is 1030. The molecule has 0 bridgehead atoms. The summed E-state index contributed by atoms with van der Waals surface area (Å²) >= 11 is 1.53. The van der Waals surface area contributed by atoms with Gasteiger partial charge in [-0.15, -0.1) is 5.10 Å². The van der Waals surface area contributed by atoms with E-state index in [0.717, 1.165) is 27.0 Å². The van der Waals surface area contributed by atoms with Crippen LogP contribution in [0.15, 0.2) is 24.5 Å². The van der Waals surface area contributed by atoms with Crippen LogP contribution in [0, 0.1) is 0 Å². The molecule has 0 aliphatic heterocycles. The van der Waals surface area contributed by atoms with Gasteiger partial charge in [-0.1, -0.05) is 11.3 Å². The Morgan fingerprint density at radius 3 is 2.67 bits per heavy atom. The van der Waals surface area contributed by atoms with Gasteiger partial charge in [0.25, 0.3) is 0 Å². The molecule has 8 nitrogen and oxygen atoms in total. The molecule has 0 amide bonds. The van der Waals surface area contributed by atoms with Gasteiger partial charge in [-0.05, 0) is 6.07 Å². The molecule has 0 aliphatic carbocycles. The average molecular weight is 344 g/mol. The predicted molar refractivity (Wildman–Crippen MR) is 92.5 cm³/mol. The van der Waals surface area contributed by atoms with Crippen molar-refractivity contribution in [3.63, 3.8) is 0 Å². The highest BCUT2D eigenvalue weighted by Gasteiger charge is 2.17. The lowest BCUT2D eigenvalue weighted by Crippen LogP contribution is -2.08. The SMILES string of the molecule is COc1cc(OC)c2cc(-c3cnc4sc(N(C)C)nn34)nn2c1. The molecule has 0 aliphatic rings. The van der Waals surface area contributed by atoms with Crippen LogP contribution in [-0.4, -0.2) is 52.5 Å². The highest BCUT2D eigenvalue weighted by molar-refractivity contribution is 7.20. The molecule has 0 unspecified atom stereocenters. The van der Waals surface area contributed by atoms with Gasteiger partial charge in [0, 0.05) is 20.2 Å². The second kappa shape index (κ2) is 5.38. The van der Waals surface area contributed by atoms with Gasteiger partial charge in [-0.2, -0.15) is 9.61 Å². The second-order valence-corrected chi connectivity index (χ2v) is 6.36. The molecule has 0 radical (unpaired) electrons. The smallest absolute Gasteiger partial charge is 0.214 e. The van der Waals surface area contributed by atoms with Crippen molar-refractivity contribution in [1.82, 2.24) is 24.2 Å². The zero-order valence-electron chi connectivity index (χ0n) is 13.7. The minimum atomic E-state index is 0.677. The Morgan fingerprint density at radius 2 is 1.96 bits per heavy atom. The third-order valence-corrected chi connectivity index (χ3v) is 4.78. The third kappa shape index (κ3) is 2.16. The third-order valence-electron chi connectivity index (χ3n) is 3.69. The maximum Gasteiger partial charge on any atom is 0.214 e. The maximum atomic E-state index is 5.44. The second-order valence-electron chi connectivity index (χ2n) is 5.42. The van der Waals surface area contributed by atoms with Crippen LogP contribution in [0.2, 0.25) is 0 Å². The summed E-state index contributed by atoms with van der Waals surface area (Å²) in [5.74, 6) is 1.37. The quantitative estimate of drug-likeness (QED) is 0.565. The molecule has 0 saturated carbocycles. The van der Waals surface area contributed by atoms with Crippen molar-refractivity contribution in [2.24, 2.45) is 0 Å². The van der Waals surface area contributed by atoms with Crippen molar-refractivity contribution in [3.05, 3.63) is 24.5 Å². The van der Waals surface area contributed by atoms with E-state index in [1.807, 2.05) is 41.8 Å². The lowest BCUT2D eigenvalue weighted by atomic mass is 10.3. The zero-order chi connectivity index (χ0) is 16.8. The number of rotatable bonds is 4. The van der Waals surface area contributed by atoms with Gasteiger partial charge < -0.3 is 14.4 Å². The van der Waals surface area contributed by atoms with Crippen LogP contribution in [-0.2, 0) is 0 Å². The topological polar surface area (TPSA) is 69.2 Å². The molecule has 4 aromatic heterocycles. The van der Waals surface area contributed by atoms with E-state index in [9.17, 15) is 0 Å². The number of aromatic nitrogens is 5. The van der Waals surface area contributed by atoms with E-state index in [1.54, 1.807) is 24.9 Å². The fraction of sp³-hybridized carbons (Fsp3) is 0.267. The number of nitrogens with zero attached hydrogens (tertiary/aromatic N) is 6. The maximum absolute atomic E-state index is 5.44. The van der Waals surface area contributed by atoms with Crippen molar-refractivity contribution in [1.29, 1.82) is 0 Å². The van der Waals surface area contributed by atoms with Crippen molar-refractivity contribution in [2.75, 3.05) is 33.2 Å². The van der Waals surface area contributed by atoms with Crippen LogP contribution in [0.3, 0.4) is 0 Å². The van der Waals surface area contributed by atoms with E-state index >= 15 is 0 Å². The summed E-state index contributed by atoms with van der Waals surface area (Å²) in [6.45, 7) is 0. The van der Waals surface area contributed by atoms with Crippen LogP contribution >= 0.6 is 11.3 Å². The number of hydrogen-bond donors (Lipinski definition) is 0. The molecule has 0 fully saturated rings. The molecule has 4 aromatic rings. The molecule has 0 atom stereocenters. The molecule has 9 heteroatoms. The van der Waals surface area contributed by atoms with Crippen molar-refractivity contribution < 1.29 is 9.47 Å². The van der Waals surface area contributed by atoms with E-state index in [4.69, 9.17) is 9.47 Å². The van der Waals surface area contributed by atoms with Crippen LogP contribution in [0.5, 0.6) is 11.5 Å². The highest BCUT2D eigenvalue weighted by Crippen LogP contribution is 2.31. The molecular formula is C15H16N6O2S. The highest BCUT2D eigenvalue weighted by atomic mass is 32.1. The van der Waals surface area contributed by atoms with Gasteiger partial charge in [0.1, 0.15) is 28.4 Å². The normalized spacial score (nSPS) is 11.3. The number of anilines is 1. The Balaban J connectivity index is 1.90. The number of imidazole rings is 1. The summed E-state index contributed by atoms with van der Waals surface area (Å²) < 4.78 is 14.3. The summed E-state index contributed by atoms with van der Waals surface area (Å²) in [7, 11) is 7.16. The number of methoxy groups -OCH3 is 2. The van der Waals surface area contributed by atoms with Gasteiger partial charge >= 0.3 is 0 Å². The lowest BCUT2D eigenvalue weighted by molar-refractivity contribution is 0.392. The Morgan fingerprint density at radius 1 is 1.12 bits per heavy atom. The molecular weight excluding hydrogens is 328 g/mol. The fourth-order valence-corrected chi connectivity index (χ4v) is 3.28. The van der Waals surface area contributed by atoms with E-state index in [0.29, 0.717) is 11.5 Å². The van der Waals surface area contributed by atoms with Gasteiger partial charge in [0.2, 0.25) is 10.1 Å². The van der Waals surface area contributed by atoms with Crippen LogP contribution < -0.4 is 14.4 Å². The fourth-order valence-electron chi connectivity index (χ4n) is 2.48. The molecule has 4 heterocycles. The first kappa shape index (κ1) is 14.8. The van der Waals surface area contributed by atoms with Gasteiger partial charge in [-0.25, -0.2) is 9.50 Å². The molecule has 0 spiro atoms. The molecule has 0 N–H and O–H groups in total. The van der Waals surface area contributed by atoms with E-state index < -0.39 is 0 Å². The molecule has 0 saturated heterocycles. The Hall–Kier alpha value is -2.81. The number of ether oxygens (including phenoxy) is 2. The molecule has 0 aromatic carbocycles. The number of fused-ring (bicyclic) bond motifs is 2. The van der Waals surface area contributed by atoms with Gasteiger partial charge in [-0.3, -0.25) is 0 Å². The Labute approximate surface area is 141 Å². The number of hydrogen-bond acceptors (Lipinski definition) is 7. The first-order chi connectivity index (χ1) is 11.6. The summed E-state index contributed by atoms with van der Waals surface area (Å²) in [6.07, 6.45) is 3.59. The van der Waals surface area contributed by atoms with E-state index in [1.165, 1.54) is 11.3 Å². The molecule has 124 valence electrons. The van der Waals surface area contributed by atoms with Crippen LogP contribution in [0.1, 0.15) is 0 Å². The zero-order valence-corrected chi connectivity index (χ0v) is 14.5. The first-order valence-corrected chi connectivity index (χ1v) is 8.06. The minimum Gasteiger partial charge on any atom is -0.495 e. The summed E-state index contributed by atoms with van der Waals surface area (Å²) in [5.41, 5.74) is 2.45. The number of pyridine rings is 1. The average Bonchev–Trinajstić information content (AvgIpc) is 3.26. The van der Waals surface area contributed by atoms with Crippen molar-refractivity contribution >= 4 is 26.9 Å². The largest absolute Gasteiger partial charge is 0.495 e. The van der Waals surface area contributed by atoms with Crippen LogP contribution in [0.4, 0.5) is 5.13 Å². The summed E-state index contributed by atoms with van der Waals surface area (Å²) in [4.78, 5) is 7.22. The van der Waals surface area contributed by atoms with Gasteiger partial charge in [0.05, 0.1) is 26.6 Å². The Kier molecular flexibility index (Phi) is 3.31. The van der Waals surface area contributed by atoms with Gasteiger partial charge in [0.15, 0.2) is 0 Å². The predicted octanol–water partition coefficient (Wildman–Crippen LogP) is 2.19. The van der Waals surface area contributed by atoms with Crippen LogP contribution in [0.25, 0.3) is 21.9 Å². The molecule has 4 rings (SSSR count). The van der Waals surface area contributed by atoms with Crippen molar-refractivity contribution in [3.8, 4) is 22.9 Å². The summed E-state index contributed by atoms with van der Waals surface area (Å²) in [6, 6.07) is 3.79. The minimum absolute atomic E-state index is 0.677. The first-order valence-electron chi connectivity index (χ1n) is 7.24. The summed E-state index contributed by atoms with van der Waals surface area (Å²) in [5, 5.41) is 10.1. The monoisotopic (exact) mass is 344 g/mol. The van der Waals surface area contributed by atoms with Crippen molar-refractivity contribution in [2.45, 2.75) is 0 Å². The van der Waals surface area contributed by atoms with E-state index in [2.05, 4.69) is 15.2 Å².